The molecule has 1 fully saturated rings. The average Bonchev–Trinajstić information content (AvgIpc) is 3.11. The maximum absolute atomic E-state index is 8.88. The third kappa shape index (κ3) is 1.57. The summed E-state index contributed by atoms with van der Waals surface area (Å²) >= 11 is 0. The fraction of sp³-hybridized carbons (Fsp3) is 0.500. The van der Waals surface area contributed by atoms with Crippen LogP contribution in [0.5, 0.6) is 0 Å². The van der Waals surface area contributed by atoms with E-state index in [4.69, 9.17) is 5.26 Å². The van der Waals surface area contributed by atoms with Gasteiger partial charge >= 0.3 is 0 Å². The minimum Gasteiger partial charge on any atom is -0.382 e. The van der Waals surface area contributed by atoms with Crippen molar-refractivity contribution in [2.45, 2.75) is 32.2 Å². The minimum atomic E-state index is 0.653. The number of hydrogen-bond donors (Lipinski definition) is 1. The van der Waals surface area contributed by atoms with Gasteiger partial charge in [-0.1, -0.05) is 6.92 Å². The van der Waals surface area contributed by atoms with Crippen molar-refractivity contribution in [3.8, 4) is 6.07 Å². The summed E-state index contributed by atoms with van der Waals surface area (Å²) in [5.41, 5.74) is 3.33. The van der Waals surface area contributed by atoms with Crippen LogP contribution in [-0.4, -0.2) is 6.04 Å². The molecule has 2 aliphatic rings. The maximum Gasteiger partial charge on any atom is 0.0991 e. The molecule has 2 heteroatoms. The molecular formula is C14H16N2. The monoisotopic (exact) mass is 212 g/mol. The van der Waals surface area contributed by atoms with Gasteiger partial charge in [-0.25, -0.2) is 0 Å². The molecule has 2 nitrogen and oxygen atoms in total. The summed E-state index contributed by atoms with van der Waals surface area (Å²) in [5.74, 6) is 1.58. The predicted octanol–water partition coefficient (Wildman–Crippen LogP) is 2.94. The molecule has 82 valence electrons. The Morgan fingerprint density at radius 2 is 2.19 bits per heavy atom. The first kappa shape index (κ1) is 9.72. The van der Waals surface area contributed by atoms with Gasteiger partial charge in [0.25, 0.3) is 0 Å². The fourth-order valence-electron chi connectivity index (χ4n) is 2.81. The van der Waals surface area contributed by atoms with Crippen LogP contribution < -0.4 is 5.32 Å². The van der Waals surface area contributed by atoms with E-state index in [0.717, 1.165) is 17.9 Å². The van der Waals surface area contributed by atoms with Crippen LogP contribution in [0.15, 0.2) is 18.2 Å². The molecule has 0 spiro atoms. The van der Waals surface area contributed by atoms with Crippen LogP contribution in [0.1, 0.15) is 30.9 Å². The first-order chi connectivity index (χ1) is 7.78. The number of fused-ring (bicyclic) bond motifs is 1. The van der Waals surface area contributed by atoms with E-state index < -0.39 is 0 Å². The normalized spacial score (nSPS) is 27.8. The molecule has 1 heterocycles. The molecule has 1 aliphatic heterocycles. The van der Waals surface area contributed by atoms with Crippen molar-refractivity contribution in [3.05, 3.63) is 29.3 Å². The summed E-state index contributed by atoms with van der Waals surface area (Å²) in [5, 5.41) is 12.5. The largest absolute Gasteiger partial charge is 0.382 e. The minimum absolute atomic E-state index is 0.653. The highest BCUT2D eigenvalue weighted by molar-refractivity contribution is 5.57. The third-order valence-electron chi connectivity index (χ3n) is 3.84. The topological polar surface area (TPSA) is 35.8 Å². The SMILES string of the molecule is CC1Cc2cc(C#N)ccc2N[C@H]1C1CC1. The van der Waals surface area contributed by atoms with Gasteiger partial charge in [-0.05, 0) is 54.9 Å². The lowest BCUT2D eigenvalue weighted by molar-refractivity contribution is 0.426. The van der Waals surface area contributed by atoms with Gasteiger partial charge in [-0.3, -0.25) is 0 Å². The Kier molecular flexibility index (Phi) is 2.14. The van der Waals surface area contributed by atoms with E-state index in [2.05, 4.69) is 24.4 Å². The Hall–Kier alpha value is -1.49. The van der Waals surface area contributed by atoms with E-state index in [1.165, 1.54) is 24.1 Å². The summed E-state index contributed by atoms with van der Waals surface area (Å²) in [6.07, 6.45) is 3.88. The molecule has 0 aromatic heterocycles. The summed E-state index contributed by atoms with van der Waals surface area (Å²) < 4.78 is 0. The average molecular weight is 212 g/mol. The second kappa shape index (κ2) is 3.52. The number of nitrogens with one attached hydrogen (secondary N) is 1. The van der Waals surface area contributed by atoms with E-state index in [9.17, 15) is 0 Å². The molecular weight excluding hydrogens is 196 g/mol. The van der Waals surface area contributed by atoms with Gasteiger partial charge in [0, 0.05) is 11.7 Å². The number of nitriles is 1. The van der Waals surface area contributed by atoms with Crippen LogP contribution in [0, 0.1) is 23.2 Å². The highest BCUT2D eigenvalue weighted by Crippen LogP contribution is 2.41. The van der Waals surface area contributed by atoms with Gasteiger partial charge in [0.2, 0.25) is 0 Å². The molecule has 16 heavy (non-hydrogen) atoms. The molecule has 3 rings (SSSR count). The Labute approximate surface area is 96.3 Å². The Balaban J connectivity index is 1.91. The van der Waals surface area contributed by atoms with Gasteiger partial charge in [0.05, 0.1) is 11.6 Å². The highest BCUT2D eigenvalue weighted by Gasteiger charge is 2.37. The zero-order valence-electron chi connectivity index (χ0n) is 9.53. The lowest BCUT2D eigenvalue weighted by Gasteiger charge is -2.33. The molecule has 1 unspecified atom stereocenters. The Morgan fingerprint density at radius 1 is 1.38 bits per heavy atom. The predicted molar refractivity (Wildman–Crippen MR) is 64.2 cm³/mol. The van der Waals surface area contributed by atoms with E-state index in [1.807, 2.05) is 12.1 Å². The fourth-order valence-corrected chi connectivity index (χ4v) is 2.81. The quantitative estimate of drug-likeness (QED) is 0.777. The zero-order chi connectivity index (χ0) is 11.1. The zero-order valence-corrected chi connectivity index (χ0v) is 9.53. The van der Waals surface area contributed by atoms with E-state index in [1.54, 1.807) is 0 Å². The molecule has 0 bridgehead atoms. The van der Waals surface area contributed by atoms with Crippen LogP contribution in [0.4, 0.5) is 5.69 Å². The lowest BCUT2D eigenvalue weighted by atomic mass is 9.85. The first-order valence-electron chi connectivity index (χ1n) is 6.07. The Bertz CT molecular complexity index is 454. The van der Waals surface area contributed by atoms with E-state index in [-0.39, 0.29) is 0 Å². The number of hydrogen-bond acceptors (Lipinski definition) is 2. The van der Waals surface area contributed by atoms with Crippen molar-refractivity contribution >= 4 is 5.69 Å². The van der Waals surface area contributed by atoms with Gasteiger partial charge in [-0.15, -0.1) is 0 Å². The van der Waals surface area contributed by atoms with E-state index >= 15 is 0 Å². The van der Waals surface area contributed by atoms with Crippen molar-refractivity contribution in [1.82, 2.24) is 0 Å². The van der Waals surface area contributed by atoms with Crippen LogP contribution >= 0.6 is 0 Å². The second-order valence-corrected chi connectivity index (χ2v) is 5.17. The third-order valence-corrected chi connectivity index (χ3v) is 3.84. The van der Waals surface area contributed by atoms with E-state index in [0.29, 0.717) is 12.0 Å². The Morgan fingerprint density at radius 3 is 2.88 bits per heavy atom. The van der Waals surface area contributed by atoms with Crippen molar-refractivity contribution < 1.29 is 0 Å². The van der Waals surface area contributed by atoms with Crippen molar-refractivity contribution in [2.24, 2.45) is 11.8 Å². The molecule has 1 aromatic carbocycles. The number of benzene rings is 1. The number of rotatable bonds is 1. The molecule has 1 aliphatic carbocycles. The number of nitrogens with zero attached hydrogens (tertiary/aromatic N) is 1. The maximum atomic E-state index is 8.88. The molecule has 1 aromatic rings. The van der Waals surface area contributed by atoms with Crippen LogP contribution in [-0.2, 0) is 6.42 Å². The summed E-state index contributed by atoms with van der Waals surface area (Å²) in [6.45, 7) is 2.32. The van der Waals surface area contributed by atoms with Gasteiger partial charge in [0.15, 0.2) is 0 Å². The molecule has 2 atom stereocenters. The second-order valence-electron chi connectivity index (χ2n) is 5.17. The summed E-state index contributed by atoms with van der Waals surface area (Å²) in [6, 6.07) is 8.87. The standard InChI is InChI=1S/C14H16N2/c1-9-6-12-7-10(8-15)2-5-13(12)16-14(9)11-3-4-11/h2,5,7,9,11,14,16H,3-4,6H2,1H3/t9?,14-/m1/s1. The number of anilines is 1. The molecule has 0 saturated heterocycles. The summed E-state index contributed by atoms with van der Waals surface area (Å²) in [7, 11) is 0. The molecule has 1 N–H and O–H groups in total. The van der Waals surface area contributed by atoms with Gasteiger partial charge in [-0.2, -0.15) is 5.26 Å². The van der Waals surface area contributed by atoms with Crippen molar-refractivity contribution in [2.75, 3.05) is 5.32 Å². The van der Waals surface area contributed by atoms with Gasteiger partial charge < -0.3 is 5.32 Å². The van der Waals surface area contributed by atoms with Gasteiger partial charge in [0.1, 0.15) is 0 Å². The van der Waals surface area contributed by atoms with Crippen molar-refractivity contribution in [3.63, 3.8) is 0 Å². The molecule has 1 saturated carbocycles. The van der Waals surface area contributed by atoms with Crippen LogP contribution in [0.25, 0.3) is 0 Å². The molecule has 0 amide bonds. The smallest absolute Gasteiger partial charge is 0.0991 e. The first-order valence-corrected chi connectivity index (χ1v) is 6.07. The van der Waals surface area contributed by atoms with Crippen LogP contribution in [0.3, 0.4) is 0 Å². The molecule has 0 radical (unpaired) electrons. The van der Waals surface area contributed by atoms with Crippen molar-refractivity contribution in [1.29, 1.82) is 5.26 Å². The van der Waals surface area contributed by atoms with Crippen LogP contribution in [0.2, 0.25) is 0 Å². The summed E-state index contributed by atoms with van der Waals surface area (Å²) in [4.78, 5) is 0. The highest BCUT2D eigenvalue weighted by atomic mass is 15.0. The lowest BCUT2D eigenvalue weighted by Crippen LogP contribution is -2.35.